The van der Waals surface area contributed by atoms with Crippen molar-refractivity contribution in [2.24, 2.45) is 11.3 Å². The van der Waals surface area contributed by atoms with Gasteiger partial charge in [-0.2, -0.15) is 5.26 Å². The van der Waals surface area contributed by atoms with E-state index in [0.717, 1.165) is 5.57 Å². The van der Waals surface area contributed by atoms with Gasteiger partial charge in [0.2, 0.25) is 11.8 Å². The second-order valence-electron chi connectivity index (χ2n) is 4.38. The minimum Gasteiger partial charge on any atom is -0.295 e. The molecule has 2 aliphatic rings. The lowest BCUT2D eigenvalue weighted by atomic mass is 9.70. The van der Waals surface area contributed by atoms with Crippen molar-refractivity contribution >= 4 is 11.8 Å². The van der Waals surface area contributed by atoms with E-state index >= 15 is 0 Å². The van der Waals surface area contributed by atoms with Gasteiger partial charge in [-0.3, -0.25) is 14.9 Å². The quantitative estimate of drug-likeness (QED) is 0.571. The molecule has 0 spiro atoms. The lowest BCUT2D eigenvalue weighted by molar-refractivity contribution is -0.127. The van der Waals surface area contributed by atoms with E-state index in [1.807, 2.05) is 6.07 Å². The molecule has 86 valence electrons. The van der Waals surface area contributed by atoms with E-state index < -0.39 is 11.3 Å². The Morgan fingerprint density at radius 1 is 1.59 bits per heavy atom. The van der Waals surface area contributed by atoms with Gasteiger partial charge >= 0.3 is 0 Å². The van der Waals surface area contributed by atoms with Crippen molar-refractivity contribution in [3.63, 3.8) is 0 Å². The maximum absolute atomic E-state index is 12.0. The topological polar surface area (TPSA) is 70.0 Å². The molecule has 0 aromatic rings. The summed E-state index contributed by atoms with van der Waals surface area (Å²) in [4.78, 5) is 23.6. The predicted octanol–water partition coefficient (Wildman–Crippen LogP) is 1.23. The van der Waals surface area contributed by atoms with Crippen molar-refractivity contribution in [3.05, 3.63) is 36.0 Å². The summed E-state index contributed by atoms with van der Waals surface area (Å²) in [6.07, 6.45) is 8.84. The third kappa shape index (κ3) is 1.70. The average Bonchev–Trinajstić information content (AvgIpc) is 2.52. The van der Waals surface area contributed by atoms with E-state index in [9.17, 15) is 9.59 Å². The van der Waals surface area contributed by atoms with Gasteiger partial charge in [-0.1, -0.05) is 29.9 Å². The molecular formula is C13H12N2O2. The van der Waals surface area contributed by atoms with Crippen molar-refractivity contribution < 1.29 is 9.59 Å². The number of nitrogens with one attached hydrogen (secondary N) is 1. The van der Waals surface area contributed by atoms with E-state index in [1.165, 1.54) is 6.08 Å². The molecule has 1 saturated heterocycles. The van der Waals surface area contributed by atoms with E-state index in [4.69, 9.17) is 5.26 Å². The molecule has 4 nitrogen and oxygen atoms in total. The standard InChI is InChI=1S/C13H12N2O2/c1-9(5-7-14)8-13-6-3-2-4-10(13)11(16)15-12(13)17/h2-6,10H,8H2,1H3,(H,15,16,17)/b9-5+. The highest BCUT2D eigenvalue weighted by Gasteiger charge is 2.52. The number of amides is 2. The molecular weight excluding hydrogens is 216 g/mol. The molecule has 17 heavy (non-hydrogen) atoms. The third-order valence-corrected chi connectivity index (χ3v) is 3.19. The van der Waals surface area contributed by atoms with Gasteiger partial charge in [-0.05, 0) is 13.3 Å². The Hall–Kier alpha value is -2.15. The first kappa shape index (κ1) is 11.3. The lowest BCUT2D eigenvalue weighted by Gasteiger charge is -2.28. The minimum atomic E-state index is -0.844. The van der Waals surface area contributed by atoms with Crippen LogP contribution in [0.2, 0.25) is 0 Å². The number of carbonyl (C=O) groups is 2. The monoisotopic (exact) mass is 228 g/mol. The van der Waals surface area contributed by atoms with Gasteiger partial charge in [-0.15, -0.1) is 0 Å². The van der Waals surface area contributed by atoms with Crippen molar-refractivity contribution in [2.45, 2.75) is 13.3 Å². The van der Waals surface area contributed by atoms with E-state index in [2.05, 4.69) is 5.32 Å². The largest absolute Gasteiger partial charge is 0.295 e. The second kappa shape index (κ2) is 4.02. The normalized spacial score (nSPS) is 31.1. The van der Waals surface area contributed by atoms with E-state index in [-0.39, 0.29) is 11.8 Å². The van der Waals surface area contributed by atoms with Crippen molar-refractivity contribution in [1.29, 1.82) is 5.26 Å². The molecule has 2 rings (SSSR count). The van der Waals surface area contributed by atoms with Gasteiger partial charge < -0.3 is 0 Å². The van der Waals surface area contributed by atoms with E-state index in [1.54, 1.807) is 31.2 Å². The van der Waals surface area contributed by atoms with Crippen LogP contribution in [0, 0.1) is 22.7 Å². The van der Waals surface area contributed by atoms with Gasteiger partial charge in [0.05, 0.1) is 17.4 Å². The maximum atomic E-state index is 12.0. The summed E-state index contributed by atoms with van der Waals surface area (Å²) in [5.41, 5.74) is -0.0502. The number of fused-ring (bicyclic) bond motifs is 1. The number of allylic oxidation sites excluding steroid dienone is 4. The fraction of sp³-hybridized carbons (Fsp3) is 0.308. The minimum absolute atomic E-state index is 0.264. The SMILES string of the molecule is C/C(=C\C#N)CC12C=CC=CC1C(=O)NC2=O. The molecule has 0 radical (unpaired) electrons. The van der Waals surface area contributed by atoms with Gasteiger partial charge in [0.1, 0.15) is 0 Å². The van der Waals surface area contributed by atoms with Crippen molar-refractivity contribution in [2.75, 3.05) is 0 Å². The Bertz CT molecular complexity index is 508. The second-order valence-corrected chi connectivity index (χ2v) is 4.38. The van der Waals surface area contributed by atoms with E-state index in [0.29, 0.717) is 6.42 Å². The zero-order valence-electron chi connectivity index (χ0n) is 9.43. The Labute approximate surface area is 99.3 Å². The molecule has 1 aliphatic heterocycles. The molecule has 1 N–H and O–H groups in total. The Balaban J connectivity index is 2.39. The molecule has 1 aliphatic carbocycles. The summed E-state index contributed by atoms with van der Waals surface area (Å²) >= 11 is 0. The fourth-order valence-electron chi connectivity index (χ4n) is 2.39. The molecule has 1 heterocycles. The van der Waals surface area contributed by atoms with Gasteiger partial charge in [-0.25, -0.2) is 0 Å². The summed E-state index contributed by atoms with van der Waals surface area (Å²) in [6.45, 7) is 1.79. The van der Waals surface area contributed by atoms with Crippen LogP contribution in [-0.2, 0) is 9.59 Å². The first-order valence-corrected chi connectivity index (χ1v) is 5.37. The summed E-state index contributed by atoms with van der Waals surface area (Å²) in [5.74, 6) is -0.999. The number of nitriles is 1. The fourth-order valence-corrected chi connectivity index (χ4v) is 2.39. The van der Waals surface area contributed by atoms with Crippen LogP contribution in [0.5, 0.6) is 0 Å². The summed E-state index contributed by atoms with van der Waals surface area (Å²) in [7, 11) is 0. The van der Waals surface area contributed by atoms with Gasteiger partial charge in [0.15, 0.2) is 0 Å². The van der Waals surface area contributed by atoms with Gasteiger partial charge in [0.25, 0.3) is 0 Å². The number of imide groups is 1. The molecule has 0 aromatic heterocycles. The Morgan fingerprint density at radius 2 is 2.35 bits per heavy atom. The van der Waals surface area contributed by atoms with Crippen LogP contribution < -0.4 is 5.32 Å². The summed E-state index contributed by atoms with van der Waals surface area (Å²) in [6, 6.07) is 1.94. The average molecular weight is 228 g/mol. The zero-order chi connectivity index (χ0) is 12.5. The van der Waals surface area contributed by atoms with Gasteiger partial charge in [0, 0.05) is 6.08 Å². The van der Waals surface area contributed by atoms with Crippen LogP contribution in [0.15, 0.2) is 36.0 Å². The first-order valence-electron chi connectivity index (χ1n) is 5.37. The van der Waals surface area contributed by atoms with Crippen LogP contribution in [0.25, 0.3) is 0 Å². The first-order chi connectivity index (χ1) is 8.10. The van der Waals surface area contributed by atoms with Crippen LogP contribution >= 0.6 is 0 Å². The molecule has 4 heteroatoms. The molecule has 2 unspecified atom stereocenters. The predicted molar refractivity (Wildman–Crippen MR) is 61.3 cm³/mol. The van der Waals surface area contributed by atoms with Crippen LogP contribution in [-0.4, -0.2) is 11.8 Å². The van der Waals surface area contributed by atoms with Crippen LogP contribution in [0.4, 0.5) is 0 Å². The van der Waals surface area contributed by atoms with Crippen molar-refractivity contribution in [1.82, 2.24) is 5.32 Å². The third-order valence-electron chi connectivity index (χ3n) is 3.19. The van der Waals surface area contributed by atoms with Crippen LogP contribution in [0.3, 0.4) is 0 Å². The molecule has 1 fully saturated rings. The molecule has 0 bridgehead atoms. The molecule has 0 aromatic carbocycles. The van der Waals surface area contributed by atoms with Crippen LogP contribution in [0.1, 0.15) is 13.3 Å². The molecule has 0 saturated carbocycles. The summed E-state index contributed by atoms with van der Waals surface area (Å²) < 4.78 is 0. The molecule has 2 amide bonds. The number of rotatable bonds is 2. The Kier molecular flexibility index (Phi) is 2.68. The highest BCUT2D eigenvalue weighted by molar-refractivity contribution is 6.09. The number of nitrogens with zero attached hydrogens (tertiary/aromatic N) is 1. The maximum Gasteiger partial charge on any atom is 0.238 e. The summed E-state index contributed by atoms with van der Waals surface area (Å²) in [5, 5.41) is 11.0. The highest BCUT2D eigenvalue weighted by atomic mass is 16.2. The lowest BCUT2D eigenvalue weighted by Crippen LogP contribution is -2.33. The number of carbonyl (C=O) groups excluding carboxylic acids is 2. The smallest absolute Gasteiger partial charge is 0.238 e. The molecule has 2 atom stereocenters. The Morgan fingerprint density at radius 3 is 3.06 bits per heavy atom. The number of hydrogen-bond donors (Lipinski definition) is 1. The number of hydrogen-bond acceptors (Lipinski definition) is 3. The zero-order valence-corrected chi connectivity index (χ0v) is 9.43. The van der Waals surface area contributed by atoms with Crippen molar-refractivity contribution in [3.8, 4) is 6.07 Å². The highest BCUT2D eigenvalue weighted by Crippen LogP contribution is 2.43.